The number of amides is 1. The molecule has 0 unspecified atom stereocenters. The minimum absolute atomic E-state index is 0.0442. The predicted molar refractivity (Wildman–Crippen MR) is 76.5 cm³/mol. The molecular weight excluding hydrogens is 317 g/mol. The van der Waals surface area contributed by atoms with Crippen molar-refractivity contribution in [1.82, 2.24) is 14.8 Å². The van der Waals surface area contributed by atoms with E-state index in [9.17, 15) is 18.0 Å². The van der Waals surface area contributed by atoms with Gasteiger partial charge in [-0.05, 0) is 19.1 Å². The standard InChI is InChI=1S/C13H13F3N4OS/c1-8-5-10(20(2)19-8)18-11(21)7-22-12-4-3-9(6-17-12)13(14,15)16/h3-6H,7H2,1-2H3,(H,18,21). The molecule has 5 nitrogen and oxygen atoms in total. The summed E-state index contributed by atoms with van der Waals surface area (Å²) < 4.78 is 38.7. The first-order valence-electron chi connectivity index (χ1n) is 6.22. The third-order valence-electron chi connectivity index (χ3n) is 2.68. The fraction of sp³-hybridized carbons (Fsp3) is 0.308. The number of hydrogen-bond donors (Lipinski definition) is 1. The van der Waals surface area contributed by atoms with Crippen molar-refractivity contribution in [1.29, 1.82) is 0 Å². The average Bonchev–Trinajstić information content (AvgIpc) is 2.74. The Labute approximate surface area is 128 Å². The van der Waals surface area contributed by atoms with Crippen molar-refractivity contribution < 1.29 is 18.0 Å². The molecule has 1 amide bonds. The number of aryl methyl sites for hydroxylation is 2. The Morgan fingerprint density at radius 1 is 1.41 bits per heavy atom. The summed E-state index contributed by atoms with van der Waals surface area (Å²) in [4.78, 5) is 15.5. The largest absolute Gasteiger partial charge is 0.417 e. The van der Waals surface area contributed by atoms with Crippen molar-refractivity contribution >= 4 is 23.5 Å². The van der Waals surface area contributed by atoms with Crippen LogP contribution in [0.2, 0.25) is 0 Å². The van der Waals surface area contributed by atoms with Crippen LogP contribution in [0, 0.1) is 6.92 Å². The van der Waals surface area contributed by atoms with Crippen molar-refractivity contribution in [2.24, 2.45) is 7.05 Å². The number of carbonyl (C=O) groups is 1. The predicted octanol–water partition coefficient (Wildman–Crippen LogP) is 2.87. The Kier molecular flexibility index (Phi) is 4.74. The van der Waals surface area contributed by atoms with Gasteiger partial charge >= 0.3 is 6.18 Å². The maximum absolute atomic E-state index is 12.4. The van der Waals surface area contributed by atoms with Crippen LogP contribution in [0.4, 0.5) is 19.0 Å². The molecule has 0 radical (unpaired) electrons. The molecule has 2 rings (SSSR count). The van der Waals surface area contributed by atoms with Gasteiger partial charge in [0, 0.05) is 19.3 Å². The highest BCUT2D eigenvalue weighted by molar-refractivity contribution is 7.99. The molecule has 0 aliphatic heterocycles. The summed E-state index contributed by atoms with van der Waals surface area (Å²) >= 11 is 1.06. The van der Waals surface area contributed by atoms with E-state index in [1.807, 2.05) is 0 Å². The zero-order valence-corrected chi connectivity index (χ0v) is 12.6. The van der Waals surface area contributed by atoms with Gasteiger partial charge in [-0.2, -0.15) is 18.3 Å². The van der Waals surface area contributed by atoms with E-state index in [1.165, 1.54) is 10.7 Å². The molecule has 0 saturated heterocycles. The van der Waals surface area contributed by atoms with E-state index in [2.05, 4.69) is 15.4 Å². The number of nitrogens with one attached hydrogen (secondary N) is 1. The molecule has 2 aromatic rings. The number of anilines is 1. The lowest BCUT2D eigenvalue weighted by atomic mass is 10.3. The molecule has 9 heteroatoms. The SMILES string of the molecule is Cc1cc(NC(=O)CSc2ccc(C(F)(F)F)cn2)n(C)n1. The zero-order chi connectivity index (χ0) is 16.3. The monoisotopic (exact) mass is 330 g/mol. The molecule has 0 aliphatic rings. The number of pyridine rings is 1. The minimum Gasteiger partial charge on any atom is -0.310 e. The second-order valence-electron chi connectivity index (χ2n) is 4.51. The van der Waals surface area contributed by atoms with E-state index in [4.69, 9.17) is 0 Å². The van der Waals surface area contributed by atoms with Gasteiger partial charge in [-0.15, -0.1) is 0 Å². The summed E-state index contributed by atoms with van der Waals surface area (Å²) in [5, 5.41) is 7.11. The molecule has 118 valence electrons. The molecule has 0 atom stereocenters. The number of hydrogen-bond acceptors (Lipinski definition) is 4. The molecule has 0 aromatic carbocycles. The van der Waals surface area contributed by atoms with Crippen molar-refractivity contribution in [2.75, 3.05) is 11.1 Å². The maximum atomic E-state index is 12.4. The number of thioether (sulfide) groups is 1. The average molecular weight is 330 g/mol. The van der Waals surface area contributed by atoms with Crippen LogP contribution in [0.3, 0.4) is 0 Å². The quantitative estimate of drug-likeness (QED) is 0.876. The lowest BCUT2D eigenvalue weighted by molar-refractivity contribution is -0.137. The van der Waals surface area contributed by atoms with Crippen LogP contribution < -0.4 is 5.32 Å². The molecular formula is C13H13F3N4OS. The first-order chi connectivity index (χ1) is 10.3. The molecule has 0 saturated carbocycles. The van der Waals surface area contributed by atoms with Gasteiger partial charge in [-0.1, -0.05) is 11.8 Å². The van der Waals surface area contributed by atoms with Gasteiger partial charge in [0.05, 0.1) is 22.0 Å². The third kappa shape index (κ3) is 4.23. The number of aromatic nitrogens is 3. The molecule has 0 spiro atoms. The Morgan fingerprint density at radius 2 is 2.14 bits per heavy atom. The number of halogens is 3. The van der Waals surface area contributed by atoms with E-state index >= 15 is 0 Å². The maximum Gasteiger partial charge on any atom is 0.417 e. The van der Waals surface area contributed by atoms with Crippen LogP contribution in [0.25, 0.3) is 0 Å². The smallest absolute Gasteiger partial charge is 0.310 e. The lowest BCUT2D eigenvalue weighted by Gasteiger charge is -2.07. The second kappa shape index (κ2) is 6.39. The van der Waals surface area contributed by atoms with Gasteiger partial charge in [0.25, 0.3) is 0 Å². The highest BCUT2D eigenvalue weighted by Gasteiger charge is 2.30. The number of rotatable bonds is 4. The summed E-state index contributed by atoms with van der Waals surface area (Å²) in [6.07, 6.45) is -3.66. The van der Waals surface area contributed by atoms with Crippen LogP contribution >= 0.6 is 11.8 Å². The van der Waals surface area contributed by atoms with Crippen molar-refractivity contribution in [3.8, 4) is 0 Å². The van der Waals surface area contributed by atoms with Crippen LogP contribution in [0.1, 0.15) is 11.3 Å². The summed E-state index contributed by atoms with van der Waals surface area (Å²) in [5.41, 5.74) is -0.0403. The van der Waals surface area contributed by atoms with Gasteiger partial charge < -0.3 is 5.32 Å². The minimum atomic E-state index is -4.41. The van der Waals surface area contributed by atoms with E-state index in [0.29, 0.717) is 10.8 Å². The molecule has 2 heterocycles. The second-order valence-corrected chi connectivity index (χ2v) is 5.51. The van der Waals surface area contributed by atoms with Crippen LogP contribution in [-0.4, -0.2) is 26.4 Å². The van der Waals surface area contributed by atoms with E-state index in [-0.39, 0.29) is 11.7 Å². The molecule has 22 heavy (non-hydrogen) atoms. The van der Waals surface area contributed by atoms with E-state index in [0.717, 1.165) is 29.7 Å². The zero-order valence-electron chi connectivity index (χ0n) is 11.8. The Morgan fingerprint density at radius 3 is 2.64 bits per heavy atom. The number of nitrogens with zero attached hydrogens (tertiary/aromatic N) is 3. The third-order valence-corrected chi connectivity index (χ3v) is 3.63. The van der Waals surface area contributed by atoms with Gasteiger partial charge in [-0.3, -0.25) is 9.48 Å². The molecule has 0 bridgehead atoms. The number of alkyl halides is 3. The fourth-order valence-corrected chi connectivity index (χ4v) is 2.32. The summed E-state index contributed by atoms with van der Waals surface area (Å²) in [5.74, 6) is 0.320. The van der Waals surface area contributed by atoms with E-state index < -0.39 is 11.7 Å². The summed E-state index contributed by atoms with van der Waals surface area (Å²) in [6, 6.07) is 3.91. The fourth-order valence-electron chi connectivity index (χ4n) is 1.68. The number of carbonyl (C=O) groups excluding carboxylic acids is 1. The topological polar surface area (TPSA) is 59.8 Å². The Balaban J connectivity index is 1.90. The van der Waals surface area contributed by atoms with Gasteiger partial charge in [0.15, 0.2) is 0 Å². The molecule has 0 fully saturated rings. The lowest BCUT2D eigenvalue weighted by Crippen LogP contribution is -2.16. The van der Waals surface area contributed by atoms with Crippen LogP contribution in [0.15, 0.2) is 29.4 Å². The van der Waals surface area contributed by atoms with E-state index in [1.54, 1.807) is 20.0 Å². The highest BCUT2D eigenvalue weighted by atomic mass is 32.2. The normalized spacial score (nSPS) is 11.5. The van der Waals surface area contributed by atoms with Gasteiger partial charge in [-0.25, -0.2) is 4.98 Å². The van der Waals surface area contributed by atoms with Crippen molar-refractivity contribution in [2.45, 2.75) is 18.1 Å². The Bertz CT molecular complexity index is 667. The summed E-state index contributed by atoms with van der Waals surface area (Å²) in [7, 11) is 1.70. The molecule has 2 aromatic heterocycles. The summed E-state index contributed by atoms with van der Waals surface area (Å²) in [6.45, 7) is 1.80. The van der Waals surface area contributed by atoms with Crippen molar-refractivity contribution in [3.05, 3.63) is 35.7 Å². The van der Waals surface area contributed by atoms with Crippen LogP contribution in [0.5, 0.6) is 0 Å². The van der Waals surface area contributed by atoms with Gasteiger partial charge in [0.1, 0.15) is 5.82 Å². The first kappa shape index (κ1) is 16.3. The first-order valence-corrected chi connectivity index (χ1v) is 7.21. The van der Waals surface area contributed by atoms with Gasteiger partial charge in [0.2, 0.25) is 5.91 Å². The Hall–Kier alpha value is -2.03. The molecule has 0 aliphatic carbocycles. The van der Waals surface area contributed by atoms with Crippen LogP contribution in [-0.2, 0) is 18.0 Å². The van der Waals surface area contributed by atoms with Crippen molar-refractivity contribution in [3.63, 3.8) is 0 Å². The molecule has 1 N–H and O–H groups in total. The highest BCUT2D eigenvalue weighted by Crippen LogP contribution is 2.29.